The van der Waals surface area contributed by atoms with Crippen molar-refractivity contribution >= 4 is 0 Å². The van der Waals surface area contributed by atoms with Crippen molar-refractivity contribution in [3.63, 3.8) is 0 Å². The molecule has 2 nitrogen and oxygen atoms in total. The van der Waals surface area contributed by atoms with Crippen molar-refractivity contribution in [3.8, 4) is 0 Å². The van der Waals surface area contributed by atoms with Gasteiger partial charge in [-0.25, -0.2) is 4.39 Å². The standard InChI is InChI=1S/C11H13F4NO/c1-2-10(16-17-7-11(13,14)15)8-4-3-5-9(12)6-8/h3-6,10,16H,2,7H2,1H3. The SMILES string of the molecule is CCC(NOCC(F)(F)F)c1cccc(F)c1. The normalized spacial score (nSPS) is 13.7. The molecule has 0 aliphatic rings. The molecule has 0 saturated carbocycles. The summed E-state index contributed by atoms with van der Waals surface area (Å²) in [5.74, 6) is -0.432. The van der Waals surface area contributed by atoms with Gasteiger partial charge < -0.3 is 0 Å². The van der Waals surface area contributed by atoms with Gasteiger partial charge in [0.2, 0.25) is 0 Å². The first-order valence-corrected chi connectivity index (χ1v) is 5.12. The van der Waals surface area contributed by atoms with Gasteiger partial charge in [-0.3, -0.25) is 4.84 Å². The third-order valence-electron chi connectivity index (χ3n) is 2.12. The maximum atomic E-state index is 12.9. The van der Waals surface area contributed by atoms with Gasteiger partial charge in [0.15, 0.2) is 6.61 Å². The lowest BCUT2D eigenvalue weighted by Gasteiger charge is -2.17. The number of halogens is 4. The number of alkyl halides is 3. The second kappa shape index (κ2) is 5.97. The van der Waals surface area contributed by atoms with Crippen LogP contribution in [0, 0.1) is 5.82 Å². The summed E-state index contributed by atoms with van der Waals surface area (Å²) in [6.45, 7) is 0.387. The lowest BCUT2D eigenvalue weighted by atomic mass is 10.1. The predicted molar refractivity (Wildman–Crippen MR) is 54.6 cm³/mol. The predicted octanol–water partition coefficient (Wildman–Crippen LogP) is 3.36. The molecule has 0 aliphatic carbocycles. The van der Waals surface area contributed by atoms with Crippen LogP contribution < -0.4 is 5.48 Å². The van der Waals surface area contributed by atoms with E-state index in [0.29, 0.717) is 12.0 Å². The first-order chi connectivity index (χ1) is 7.92. The molecule has 0 saturated heterocycles. The molecule has 0 amide bonds. The van der Waals surface area contributed by atoms with Crippen molar-refractivity contribution in [1.82, 2.24) is 5.48 Å². The Hall–Kier alpha value is -1.14. The minimum absolute atomic E-state index is 0.432. The molecule has 0 bridgehead atoms. The van der Waals surface area contributed by atoms with E-state index in [0.717, 1.165) is 0 Å². The van der Waals surface area contributed by atoms with Gasteiger partial charge in [-0.2, -0.15) is 18.7 Å². The zero-order valence-electron chi connectivity index (χ0n) is 9.22. The number of hydrogen-bond donors (Lipinski definition) is 1. The van der Waals surface area contributed by atoms with Crippen molar-refractivity contribution in [3.05, 3.63) is 35.6 Å². The topological polar surface area (TPSA) is 21.3 Å². The highest BCUT2D eigenvalue weighted by Gasteiger charge is 2.28. The molecule has 0 spiro atoms. The van der Waals surface area contributed by atoms with Crippen molar-refractivity contribution < 1.29 is 22.4 Å². The zero-order chi connectivity index (χ0) is 12.9. The van der Waals surface area contributed by atoms with Gasteiger partial charge in [0.05, 0.1) is 6.04 Å². The monoisotopic (exact) mass is 251 g/mol. The van der Waals surface area contributed by atoms with Gasteiger partial charge in [-0.1, -0.05) is 19.1 Å². The Kier molecular flexibility index (Phi) is 4.89. The molecular formula is C11H13F4NO. The average Bonchev–Trinajstić information content (AvgIpc) is 2.23. The average molecular weight is 251 g/mol. The van der Waals surface area contributed by atoms with Crippen LogP contribution in [0.4, 0.5) is 17.6 Å². The third kappa shape index (κ3) is 5.14. The van der Waals surface area contributed by atoms with Crippen LogP contribution in [0.2, 0.25) is 0 Å². The molecule has 17 heavy (non-hydrogen) atoms. The van der Waals surface area contributed by atoms with Crippen molar-refractivity contribution in [1.29, 1.82) is 0 Å². The molecule has 0 radical (unpaired) electrons. The second-order valence-corrected chi connectivity index (χ2v) is 3.54. The number of rotatable bonds is 5. The molecule has 96 valence electrons. The van der Waals surface area contributed by atoms with E-state index in [1.165, 1.54) is 18.2 Å². The van der Waals surface area contributed by atoms with E-state index in [1.54, 1.807) is 13.0 Å². The van der Waals surface area contributed by atoms with Crippen LogP contribution in [0.15, 0.2) is 24.3 Å². The molecule has 1 aromatic rings. The van der Waals surface area contributed by atoms with E-state index >= 15 is 0 Å². The fourth-order valence-electron chi connectivity index (χ4n) is 1.33. The van der Waals surface area contributed by atoms with E-state index in [4.69, 9.17) is 0 Å². The third-order valence-corrected chi connectivity index (χ3v) is 2.12. The largest absolute Gasteiger partial charge is 0.413 e. The molecule has 6 heteroatoms. The van der Waals surface area contributed by atoms with E-state index in [1.807, 2.05) is 0 Å². The van der Waals surface area contributed by atoms with E-state index in [-0.39, 0.29) is 0 Å². The molecule has 0 heterocycles. The molecule has 1 rings (SSSR count). The highest BCUT2D eigenvalue weighted by atomic mass is 19.4. The maximum absolute atomic E-state index is 12.9. The van der Waals surface area contributed by atoms with Gasteiger partial charge in [-0.15, -0.1) is 0 Å². The quantitative estimate of drug-likeness (QED) is 0.640. The molecule has 0 fully saturated rings. The summed E-state index contributed by atoms with van der Waals surface area (Å²) in [4.78, 5) is 4.35. The summed E-state index contributed by atoms with van der Waals surface area (Å²) in [6.07, 6.45) is -3.89. The first-order valence-electron chi connectivity index (χ1n) is 5.12. The summed E-state index contributed by atoms with van der Waals surface area (Å²) in [6, 6.07) is 5.19. The summed E-state index contributed by atoms with van der Waals surface area (Å²) >= 11 is 0. The van der Waals surface area contributed by atoms with Crippen molar-refractivity contribution in [2.24, 2.45) is 0 Å². The Bertz CT molecular complexity index is 354. The number of benzene rings is 1. The maximum Gasteiger partial charge on any atom is 0.413 e. The van der Waals surface area contributed by atoms with Crippen molar-refractivity contribution in [2.75, 3.05) is 6.61 Å². The Morgan fingerprint density at radius 3 is 2.59 bits per heavy atom. The van der Waals surface area contributed by atoms with Gasteiger partial charge in [-0.05, 0) is 24.1 Å². The minimum Gasteiger partial charge on any atom is -0.292 e. The Morgan fingerprint density at radius 2 is 2.06 bits per heavy atom. The van der Waals surface area contributed by atoms with Crippen LogP contribution in [0.1, 0.15) is 24.9 Å². The zero-order valence-corrected chi connectivity index (χ0v) is 9.22. The van der Waals surface area contributed by atoms with Crippen LogP contribution >= 0.6 is 0 Å². The molecule has 1 aromatic carbocycles. The van der Waals surface area contributed by atoms with E-state index in [2.05, 4.69) is 10.3 Å². The van der Waals surface area contributed by atoms with Gasteiger partial charge >= 0.3 is 6.18 Å². The number of hydroxylamine groups is 1. The lowest BCUT2D eigenvalue weighted by molar-refractivity contribution is -0.193. The molecule has 0 aromatic heterocycles. The van der Waals surface area contributed by atoms with E-state index in [9.17, 15) is 17.6 Å². The van der Waals surface area contributed by atoms with Crippen LogP contribution in [0.25, 0.3) is 0 Å². The van der Waals surface area contributed by atoms with Crippen LogP contribution in [-0.2, 0) is 4.84 Å². The Morgan fingerprint density at radius 1 is 1.35 bits per heavy atom. The van der Waals surface area contributed by atoms with Crippen LogP contribution in [-0.4, -0.2) is 12.8 Å². The number of nitrogens with one attached hydrogen (secondary N) is 1. The smallest absolute Gasteiger partial charge is 0.292 e. The summed E-state index contributed by atoms with van der Waals surface area (Å²) in [5.41, 5.74) is 2.83. The fourth-order valence-corrected chi connectivity index (χ4v) is 1.33. The second-order valence-electron chi connectivity index (χ2n) is 3.54. The number of hydrogen-bond acceptors (Lipinski definition) is 2. The van der Waals surface area contributed by atoms with Crippen LogP contribution in [0.5, 0.6) is 0 Å². The Balaban J connectivity index is 2.54. The Labute approximate surface area is 96.5 Å². The van der Waals surface area contributed by atoms with Crippen LogP contribution in [0.3, 0.4) is 0 Å². The molecule has 1 atom stereocenters. The summed E-state index contributed by atoms with van der Waals surface area (Å²) in [7, 11) is 0. The molecule has 0 aliphatic heterocycles. The van der Waals surface area contributed by atoms with Gasteiger partial charge in [0.25, 0.3) is 0 Å². The molecule has 1 unspecified atom stereocenters. The minimum atomic E-state index is -4.38. The van der Waals surface area contributed by atoms with Gasteiger partial charge in [0, 0.05) is 0 Å². The molecule has 1 N–H and O–H groups in total. The van der Waals surface area contributed by atoms with Gasteiger partial charge in [0.1, 0.15) is 5.82 Å². The van der Waals surface area contributed by atoms with E-state index < -0.39 is 24.6 Å². The first kappa shape index (κ1) is 13.9. The highest BCUT2D eigenvalue weighted by Crippen LogP contribution is 2.19. The molecular weight excluding hydrogens is 238 g/mol. The summed E-state index contributed by atoms with van der Waals surface area (Å²) in [5, 5.41) is 0. The fraction of sp³-hybridized carbons (Fsp3) is 0.455. The highest BCUT2D eigenvalue weighted by molar-refractivity contribution is 5.19. The summed E-state index contributed by atoms with van der Waals surface area (Å²) < 4.78 is 48.5. The lowest BCUT2D eigenvalue weighted by Crippen LogP contribution is -2.27. The van der Waals surface area contributed by atoms with Crippen molar-refractivity contribution in [2.45, 2.75) is 25.6 Å².